The van der Waals surface area contributed by atoms with Crippen LogP contribution in [-0.2, 0) is 93.9 Å². The maximum absolute atomic E-state index is 9.10. The molecule has 0 heterocycles. The number of rotatable bonds is 0. The van der Waals surface area contributed by atoms with Gasteiger partial charge in [-0.05, 0) is 0 Å². The molecule has 0 rings (SSSR count). The van der Waals surface area contributed by atoms with Crippen LogP contribution in [0.15, 0.2) is 0 Å². The zero-order valence-corrected chi connectivity index (χ0v) is 14.2. The van der Waals surface area contributed by atoms with Gasteiger partial charge in [-0.3, -0.25) is 0 Å². The third kappa shape index (κ3) is 22.6. The molecule has 0 aliphatic carbocycles. The summed E-state index contributed by atoms with van der Waals surface area (Å²) in [5.41, 5.74) is 0. The Morgan fingerprint density at radius 2 is 0.900 bits per heavy atom. The molecule has 0 radical (unpaired) electrons. The van der Waals surface area contributed by atoms with Gasteiger partial charge in [0, 0.05) is 84.3 Å². The largest absolute Gasteiger partial charge is 0.473 e. The predicted octanol–water partition coefficient (Wildman–Crippen LogP) is -0.854. The number of aliphatic carboxylic acids is 2. The molecule has 0 fully saturated rings. The summed E-state index contributed by atoms with van der Waals surface area (Å²) in [6.45, 7) is 0. The van der Waals surface area contributed by atoms with Crippen LogP contribution in [0.4, 0.5) is 0 Å². The average Bonchev–Trinajstić information content (AvgIpc) is 1.36. The maximum Gasteiger partial charge on any atom is 0.414 e. The fraction of sp³-hybridized carbons (Fsp3) is 0. The van der Waals surface area contributed by atoms with E-state index < -0.39 is 11.9 Å². The van der Waals surface area contributed by atoms with Crippen molar-refractivity contribution < 1.29 is 104 Å². The van der Waals surface area contributed by atoms with Crippen molar-refractivity contribution in [2.45, 2.75) is 0 Å². The van der Waals surface area contributed by atoms with Gasteiger partial charge in [0.25, 0.3) is 0 Å². The van der Waals surface area contributed by atoms with Crippen molar-refractivity contribution in [3.63, 3.8) is 0 Å². The number of hydrogen-bond acceptors (Lipinski definition) is 2. The van der Waals surface area contributed by atoms with Gasteiger partial charge in [-0.1, -0.05) is 0 Å². The van der Waals surface area contributed by atoms with E-state index in [-0.39, 0.29) is 84.3 Å². The van der Waals surface area contributed by atoms with Gasteiger partial charge in [0.2, 0.25) is 0 Å². The van der Waals surface area contributed by atoms with Gasteiger partial charge in [0.05, 0.1) is 0 Å². The summed E-state index contributed by atoms with van der Waals surface area (Å²) in [6.07, 6.45) is 0. The van der Waals surface area contributed by atoms with Gasteiger partial charge in [0.1, 0.15) is 0 Å². The first kappa shape index (κ1) is 29.8. The molecule has 0 aliphatic heterocycles. The minimum Gasteiger partial charge on any atom is -0.473 e. The molecule has 0 aromatic rings. The number of carboxylic acids is 2. The van der Waals surface area contributed by atoms with E-state index in [1.165, 1.54) is 0 Å². The van der Waals surface area contributed by atoms with Gasteiger partial charge < -0.3 is 10.2 Å². The minimum absolute atomic E-state index is 0. The Labute approximate surface area is 115 Å². The summed E-state index contributed by atoms with van der Waals surface area (Å²) in [7, 11) is 0. The molecule has 0 saturated heterocycles. The van der Waals surface area contributed by atoms with Crippen molar-refractivity contribution in [3.05, 3.63) is 0 Å². The second-order valence-electron chi connectivity index (χ2n) is 0.610. The molecule has 0 saturated carbocycles. The fourth-order valence-corrected chi connectivity index (χ4v) is 0. The Morgan fingerprint density at radius 1 is 0.800 bits per heavy atom. The molecule has 0 atom stereocenters. The van der Waals surface area contributed by atoms with Gasteiger partial charge in [-0.15, -0.1) is 0 Å². The monoisotopic (exact) mass is 654 g/mol. The first-order valence-electron chi connectivity index (χ1n) is 1.11. The summed E-state index contributed by atoms with van der Waals surface area (Å²) in [5, 5.41) is 14.8. The van der Waals surface area contributed by atoms with Crippen LogP contribution >= 0.6 is 0 Å². The van der Waals surface area contributed by atoms with Crippen LogP contribution in [0.5, 0.6) is 0 Å². The molecular weight excluding hydrogens is 648 g/mol. The Morgan fingerprint density at radius 3 is 0.900 bits per heavy atom. The van der Waals surface area contributed by atoms with Crippen molar-refractivity contribution in [1.29, 1.82) is 0 Å². The van der Waals surface area contributed by atoms with Gasteiger partial charge in [-0.25, -0.2) is 9.59 Å². The third-order valence-corrected chi connectivity index (χ3v) is 0.183. The second-order valence-corrected chi connectivity index (χ2v) is 0.610. The van der Waals surface area contributed by atoms with Crippen LogP contribution in [0, 0.1) is 0 Å². The summed E-state index contributed by atoms with van der Waals surface area (Å²) in [4.78, 5) is 18.2. The molecule has 0 aromatic heterocycles. The second kappa shape index (κ2) is 17.0. The van der Waals surface area contributed by atoms with Crippen molar-refractivity contribution in [2.24, 2.45) is 0 Å². The van der Waals surface area contributed by atoms with Crippen molar-refractivity contribution in [2.75, 3.05) is 0 Å². The van der Waals surface area contributed by atoms with Gasteiger partial charge in [0.15, 0.2) is 0 Å². The van der Waals surface area contributed by atoms with Gasteiger partial charge >= 0.3 is 11.9 Å². The van der Waals surface area contributed by atoms with Crippen LogP contribution < -0.4 is 0 Å². The molecule has 58 valence electrons. The third-order valence-electron chi connectivity index (χ3n) is 0.183. The van der Waals surface area contributed by atoms with Crippen LogP contribution in [0.25, 0.3) is 0 Å². The number of carbonyl (C=O) groups is 2. The quantitative estimate of drug-likeness (QED) is 0.265. The van der Waals surface area contributed by atoms with Crippen LogP contribution in [0.2, 0.25) is 0 Å². The zero-order chi connectivity index (χ0) is 5.15. The first-order chi connectivity index (χ1) is 2.64. The van der Waals surface area contributed by atoms with Crippen molar-refractivity contribution >= 4 is 11.9 Å². The first-order valence-corrected chi connectivity index (χ1v) is 1.11. The number of hydrogen-bond donors (Lipinski definition) is 2. The Bertz CT molecular complexity index is 85.3. The van der Waals surface area contributed by atoms with E-state index in [4.69, 9.17) is 19.8 Å². The standard InChI is InChI=1S/C2H2O4.2Mo.2W/c3-1(4)2(5)6;;;;/h(H,3,4)(H,5,6);;;;. The normalized spacial score (nSPS) is 4.40. The Kier molecular flexibility index (Phi) is 50.7. The molecule has 0 aliphatic rings. The molecule has 0 amide bonds. The summed E-state index contributed by atoms with van der Waals surface area (Å²) in [6, 6.07) is 0. The zero-order valence-electron chi connectivity index (χ0n) is 4.34. The molecule has 4 nitrogen and oxygen atoms in total. The number of carboxylic acid groups (broad SMARTS) is 2. The predicted molar refractivity (Wildman–Crippen MR) is 15.3 cm³/mol. The van der Waals surface area contributed by atoms with E-state index in [1.54, 1.807) is 0 Å². The van der Waals surface area contributed by atoms with Gasteiger partial charge in [-0.2, -0.15) is 0 Å². The smallest absolute Gasteiger partial charge is 0.414 e. The van der Waals surface area contributed by atoms with Crippen molar-refractivity contribution in [3.8, 4) is 0 Å². The molecule has 0 aromatic carbocycles. The van der Waals surface area contributed by atoms with E-state index in [1.807, 2.05) is 0 Å². The molecule has 0 unspecified atom stereocenters. The molecule has 10 heavy (non-hydrogen) atoms. The molecule has 2 N–H and O–H groups in total. The fourth-order valence-electron chi connectivity index (χ4n) is 0. The van der Waals surface area contributed by atoms with Crippen LogP contribution in [0.3, 0.4) is 0 Å². The maximum atomic E-state index is 9.10. The summed E-state index contributed by atoms with van der Waals surface area (Å²) >= 11 is 0. The molecule has 0 spiro atoms. The van der Waals surface area contributed by atoms with E-state index in [2.05, 4.69) is 0 Å². The van der Waals surface area contributed by atoms with E-state index in [0.717, 1.165) is 0 Å². The van der Waals surface area contributed by atoms with Crippen molar-refractivity contribution in [1.82, 2.24) is 0 Å². The van der Waals surface area contributed by atoms with Crippen LogP contribution in [-0.4, -0.2) is 22.2 Å². The van der Waals surface area contributed by atoms with E-state index >= 15 is 0 Å². The minimum atomic E-state index is -1.82. The molecule has 0 bridgehead atoms. The topological polar surface area (TPSA) is 74.6 Å². The Hall–Kier alpha value is 1.69. The van der Waals surface area contributed by atoms with E-state index in [9.17, 15) is 0 Å². The molecule has 8 heteroatoms. The average molecular weight is 650 g/mol. The summed E-state index contributed by atoms with van der Waals surface area (Å²) in [5.74, 6) is -3.65. The van der Waals surface area contributed by atoms with Crippen LogP contribution in [0.1, 0.15) is 0 Å². The Balaban J connectivity index is -0.0000000208. The van der Waals surface area contributed by atoms with E-state index in [0.29, 0.717) is 0 Å². The SMILES string of the molecule is O=C(O)C(=O)O.[Mo].[Mo].[W].[W]. The summed E-state index contributed by atoms with van der Waals surface area (Å²) < 4.78 is 0. The molecular formula is C2H2Mo2O4W2.